The Hall–Kier alpha value is -7.50. The maximum atomic E-state index is 6.38. The van der Waals surface area contributed by atoms with E-state index in [1.165, 1.54) is 21.8 Å². The summed E-state index contributed by atoms with van der Waals surface area (Å²) in [6.07, 6.45) is 0. The van der Waals surface area contributed by atoms with Crippen molar-refractivity contribution in [2.24, 2.45) is 0 Å². The molecule has 55 heavy (non-hydrogen) atoms. The largest absolute Gasteiger partial charge is 0.456 e. The van der Waals surface area contributed by atoms with Crippen molar-refractivity contribution in [2.75, 3.05) is 0 Å². The normalized spacial score (nSPS) is 12.0. The molecule has 5 heteroatoms. The van der Waals surface area contributed by atoms with Gasteiger partial charge in [0.05, 0.1) is 22.2 Å². The lowest BCUT2D eigenvalue weighted by Gasteiger charge is -2.13. The summed E-state index contributed by atoms with van der Waals surface area (Å²) >= 11 is 0. The zero-order valence-corrected chi connectivity index (χ0v) is 29.4. The van der Waals surface area contributed by atoms with Crippen molar-refractivity contribution in [1.29, 1.82) is 0 Å². The van der Waals surface area contributed by atoms with Gasteiger partial charge in [-0.1, -0.05) is 109 Å². The van der Waals surface area contributed by atoms with E-state index in [9.17, 15) is 0 Å². The zero-order valence-electron chi connectivity index (χ0n) is 29.4. The van der Waals surface area contributed by atoms with Gasteiger partial charge in [0.1, 0.15) is 22.3 Å². The molecule has 0 amide bonds. The van der Waals surface area contributed by atoms with Crippen LogP contribution in [0.3, 0.4) is 0 Å². The van der Waals surface area contributed by atoms with Crippen LogP contribution in [0.25, 0.3) is 116 Å². The first-order valence-electron chi connectivity index (χ1n) is 18.5. The van der Waals surface area contributed by atoms with Gasteiger partial charge in [-0.3, -0.25) is 0 Å². The number of benzene rings is 8. The lowest BCUT2D eigenvalue weighted by molar-refractivity contribution is 0.668. The van der Waals surface area contributed by atoms with Gasteiger partial charge in [0.2, 0.25) is 0 Å². The van der Waals surface area contributed by atoms with Crippen LogP contribution in [0.4, 0.5) is 0 Å². The van der Waals surface area contributed by atoms with Gasteiger partial charge in [-0.15, -0.1) is 0 Å². The lowest BCUT2D eigenvalue weighted by atomic mass is 9.96. The third-order valence-corrected chi connectivity index (χ3v) is 11.0. The SMILES string of the molecule is c1ccc(-n2c3ccccc3c3cc(-c4ccc5nc(-c6cccc7oc8ccccc8c67)nc(-c6cccc7oc8ccccc8c67)c5c4)ccc32)cc1. The van der Waals surface area contributed by atoms with E-state index in [1.807, 2.05) is 48.5 Å². The van der Waals surface area contributed by atoms with E-state index in [0.29, 0.717) is 5.82 Å². The number of fused-ring (bicyclic) bond motifs is 10. The minimum atomic E-state index is 0.646. The van der Waals surface area contributed by atoms with Gasteiger partial charge in [-0.05, 0) is 77.9 Å². The van der Waals surface area contributed by atoms with Crippen LogP contribution in [0.2, 0.25) is 0 Å². The smallest absolute Gasteiger partial charge is 0.161 e. The van der Waals surface area contributed by atoms with Gasteiger partial charge in [-0.2, -0.15) is 0 Å². The molecule has 12 aromatic rings. The average molecular weight is 704 g/mol. The first-order valence-corrected chi connectivity index (χ1v) is 18.5. The number of furan rings is 2. The monoisotopic (exact) mass is 703 g/mol. The molecule has 4 heterocycles. The predicted octanol–water partition coefficient (Wildman–Crippen LogP) is 13.5. The van der Waals surface area contributed by atoms with Gasteiger partial charge in [0, 0.05) is 54.5 Å². The van der Waals surface area contributed by atoms with Gasteiger partial charge in [0.25, 0.3) is 0 Å². The Morgan fingerprint density at radius 2 is 0.945 bits per heavy atom. The summed E-state index contributed by atoms with van der Waals surface area (Å²) in [5.74, 6) is 0.646. The summed E-state index contributed by atoms with van der Waals surface area (Å²) in [4.78, 5) is 10.8. The third kappa shape index (κ3) is 4.47. The molecule has 5 nitrogen and oxygen atoms in total. The highest BCUT2D eigenvalue weighted by Crippen LogP contribution is 2.42. The first-order chi connectivity index (χ1) is 27.3. The zero-order chi connectivity index (χ0) is 36.0. The molecule has 0 radical (unpaired) electrons. The lowest BCUT2D eigenvalue weighted by Crippen LogP contribution is -1.96. The van der Waals surface area contributed by atoms with E-state index in [0.717, 1.165) is 88.4 Å². The van der Waals surface area contributed by atoms with Crippen LogP contribution in [-0.4, -0.2) is 14.5 Å². The summed E-state index contributed by atoms with van der Waals surface area (Å²) in [6.45, 7) is 0. The number of hydrogen-bond acceptors (Lipinski definition) is 4. The summed E-state index contributed by atoms with van der Waals surface area (Å²) in [5.41, 5.74) is 12.7. The molecule has 0 bridgehead atoms. The molecule has 4 aromatic heterocycles. The van der Waals surface area contributed by atoms with Crippen molar-refractivity contribution in [3.8, 4) is 39.5 Å². The maximum absolute atomic E-state index is 6.38. The fourth-order valence-corrected chi connectivity index (χ4v) is 8.57. The van der Waals surface area contributed by atoms with Crippen molar-refractivity contribution in [3.05, 3.63) is 176 Å². The molecule has 8 aromatic carbocycles. The van der Waals surface area contributed by atoms with E-state index in [4.69, 9.17) is 18.8 Å². The molecule has 0 atom stereocenters. The molecule has 0 aliphatic carbocycles. The minimum absolute atomic E-state index is 0.646. The predicted molar refractivity (Wildman–Crippen MR) is 225 cm³/mol. The van der Waals surface area contributed by atoms with Crippen LogP contribution in [0.1, 0.15) is 0 Å². The highest BCUT2D eigenvalue weighted by molar-refractivity contribution is 6.16. The van der Waals surface area contributed by atoms with Crippen molar-refractivity contribution >= 4 is 76.6 Å². The van der Waals surface area contributed by atoms with E-state index < -0.39 is 0 Å². The second-order valence-corrected chi connectivity index (χ2v) is 14.1. The van der Waals surface area contributed by atoms with Crippen LogP contribution in [-0.2, 0) is 0 Å². The maximum Gasteiger partial charge on any atom is 0.161 e. The fourth-order valence-electron chi connectivity index (χ4n) is 8.57. The highest BCUT2D eigenvalue weighted by atomic mass is 16.3. The number of aromatic nitrogens is 3. The van der Waals surface area contributed by atoms with E-state index in [-0.39, 0.29) is 0 Å². The number of hydrogen-bond donors (Lipinski definition) is 0. The summed E-state index contributed by atoms with van der Waals surface area (Å²) in [5, 5.41) is 7.54. The van der Waals surface area contributed by atoms with Gasteiger partial charge in [0.15, 0.2) is 5.82 Å². The molecular weight excluding hydrogens is 675 g/mol. The first kappa shape index (κ1) is 30.0. The van der Waals surface area contributed by atoms with Crippen molar-refractivity contribution in [3.63, 3.8) is 0 Å². The Labute approximate surface area is 314 Å². The Kier molecular flexibility index (Phi) is 6.27. The molecule has 0 aliphatic heterocycles. The molecule has 0 fully saturated rings. The van der Waals surface area contributed by atoms with E-state index in [2.05, 4.69) is 132 Å². The van der Waals surface area contributed by atoms with Gasteiger partial charge < -0.3 is 13.4 Å². The number of rotatable bonds is 4. The van der Waals surface area contributed by atoms with Crippen LogP contribution in [0, 0.1) is 0 Å². The Balaban J connectivity index is 1.12. The molecule has 0 saturated carbocycles. The van der Waals surface area contributed by atoms with Crippen molar-refractivity contribution in [1.82, 2.24) is 14.5 Å². The van der Waals surface area contributed by atoms with Crippen molar-refractivity contribution < 1.29 is 8.83 Å². The molecule has 0 saturated heterocycles. The summed E-state index contributed by atoms with van der Waals surface area (Å²) in [6, 6.07) is 61.3. The topological polar surface area (TPSA) is 57.0 Å². The van der Waals surface area contributed by atoms with Gasteiger partial charge in [-0.25, -0.2) is 9.97 Å². The molecule has 0 N–H and O–H groups in total. The van der Waals surface area contributed by atoms with Crippen LogP contribution >= 0.6 is 0 Å². The quantitative estimate of drug-likeness (QED) is 0.183. The Morgan fingerprint density at radius 3 is 1.69 bits per heavy atom. The van der Waals surface area contributed by atoms with E-state index >= 15 is 0 Å². The van der Waals surface area contributed by atoms with Crippen LogP contribution in [0.15, 0.2) is 185 Å². The second kappa shape index (κ2) is 11.5. The summed E-state index contributed by atoms with van der Waals surface area (Å²) < 4.78 is 15.0. The van der Waals surface area contributed by atoms with Crippen LogP contribution < -0.4 is 0 Å². The van der Waals surface area contributed by atoms with Crippen molar-refractivity contribution in [2.45, 2.75) is 0 Å². The highest BCUT2D eigenvalue weighted by Gasteiger charge is 2.21. The number of para-hydroxylation sites is 4. The third-order valence-electron chi connectivity index (χ3n) is 11.0. The van der Waals surface area contributed by atoms with E-state index in [1.54, 1.807) is 0 Å². The number of nitrogens with zero attached hydrogens (tertiary/aromatic N) is 3. The molecule has 256 valence electrons. The molecule has 0 unspecified atom stereocenters. The summed E-state index contributed by atoms with van der Waals surface area (Å²) in [7, 11) is 0. The van der Waals surface area contributed by atoms with Gasteiger partial charge >= 0.3 is 0 Å². The minimum Gasteiger partial charge on any atom is -0.456 e. The molecule has 12 rings (SSSR count). The Bertz CT molecular complexity index is 3500. The average Bonchev–Trinajstić information content (AvgIpc) is 3.93. The molecular formula is C50H29N3O2. The van der Waals surface area contributed by atoms with Crippen LogP contribution in [0.5, 0.6) is 0 Å². The molecule has 0 spiro atoms. The molecule has 0 aliphatic rings. The Morgan fingerprint density at radius 1 is 0.382 bits per heavy atom. The second-order valence-electron chi connectivity index (χ2n) is 14.1. The fraction of sp³-hybridized carbons (Fsp3) is 0. The standard InChI is InChI=1S/C50H29N3O2/c1-2-12-32(13-3-1)53-41-19-7-4-14-33(41)38-28-31(25-27-42(38)53)30-24-26-40-39(29-30)49(36-17-10-22-45-47(36)34-15-5-8-20-43(34)54-45)52-50(51-40)37-18-11-23-46-48(37)35-16-6-9-21-44(35)55-46/h1-29H.